The summed E-state index contributed by atoms with van der Waals surface area (Å²) < 4.78 is 5.74. The maximum absolute atomic E-state index is 11.4. The van der Waals surface area contributed by atoms with E-state index in [-0.39, 0.29) is 12.4 Å². The predicted octanol–water partition coefficient (Wildman–Crippen LogP) is 2.82. The quantitative estimate of drug-likeness (QED) is 0.772. The number of aliphatic hydroxyl groups excluding tert-OH is 1. The van der Waals surface area contributed by atoms with Gasteiger partial charge < -0.3 is 9.84 Å². The van der Waals surface area contributed by atoms with E-state index in [9.17, 15) is 4.79 Å². The van der Waals surface area contributed by atoms with Crippen LogP contribution in [0.3, 0.4) is 0 Å². The zero-order chi connectivity index (χ0) is 12.9. The average Bonchev–Trinajstić information content (AvgIpc) is 2.28. The van der Waals surface area contributed by atoms with Gasteiger partial charge in [0.15, 0.2) is 5.78 Å². The van der Waals surface area contributed by atoms with Gasteiger partial charge in [-0.05, 0) is 38.1 Å². The SMILES string of the molecule is CCC(=O)c1ccc(OC(C)(C)CCO)cc1. The van der Waals surface area contributed by atoms with Crippen LogP contribution in [0.15, 0.2) is 24.3 Å². The van der Waals surface area contributed by atoms with Gasteiger partial charge in [-0.2, -0.15) is 0 Å². The smallest absolute Gasteiger partial charge is 0.162 e. The molecule has 0 bridgehead atoms. The van der Waals surface area contributed by atoms with Gasteiger partial charge in [0.25, 0.3) is 0 Å². The summed E-state index contributed by atoms with van der Waals surface area (Å²) in [5.41, 5.74) is 0.310. The highest BCUT2D eigenvalue weighted by Crippen LogP contribution is 2.21. The number of carbonyl (C=O) groups is 1. The van der Waals surface area contributed by atoms with E-state index in [2.05, 4.69) is 0 Å². The van der Waals surface area contributed by atoms with E-state index < -0.39 is 5.60 Å². The third-order valence-corrected chi connectivity index (χ3v) is 2.61. The molecule has 0 amide bonds. The highest BCUT2D eigenvalue weighted by atomic mass is 16.5. The molecule has 3 nitrogen and oxygen atoms in total. The first kappa shape index (κ1) is 13.7. The minimum atomic E-state index is -0.398. The molecule has 0 atom stereocenters. The lowest BCUT2D eigenvalue weighted by Gasteiger charge is -2.25. The zero-order valence-corrected chi connectivity index (χ0v) is 10.7. The molecule has 0 aromatic heterocycles. The Bertz CT molecular complexity index is 366. The van der Waals surface area contributed by atoms with Crippen molar-refractivity contribution in [2.75, 3.05) is 6.61 Å². The van der Waals surface area contributed by atoms with Gasteiger partial charge >= 0.3 is 0 Å². The molecular weight excluding hydrogens is 216 g/mol. The Morgan fingerprint density at radius 2 is 1.88 bits per heavy atom. The number of carbonyl (C=O) groups excluding carboxylic acids is 1. The molecule has 0 radical (unpaired) electrons. The van der Waals surface area contributed by atoms with Crippen molar-refractivity contribution < 1.29 is 14.6 Å². The summed E-state index contributed by atoms with van der Waals surface area (Å²) in [7, 11) is 0. The van der Waals surface area contributed by atoms with E-state index in [1.165, 1.54) is 0 Å². The first-order valence-electron chi connectivity index (χ1n) is 5.91. The second kappa shape index (κ2) is 5.82. The van der Waals surface area contributed by atoms with Crippen molar-refractivity contribution in [2.24, 2.45) is 0 Å². The van der Waals surface area contributed by atoms with Crippen molar-refractivity contribution in [2.45, 2.75) is 39.2 Å². The molecule has 1 rings (SSSR count). The van der Waals surface area contributed by atoms with E-state index in [0.29, 0.717) is 18.4 Å². The van der Waals surface area contributed by atoms with Crippen LogP contribution in [0.2, 0.25) is 0 Å². The van der Waals surface area contributed by atoms with Gasteiger partial charge in [0.2, 0.25) is 0 Å². The lowest BCUT2D eigenvalue weighted by Crippen LogP contribution is -2.29. The summed E-state index contributed by atoms with van der Waals surface area (Å²) in [6, 6.07) is 7.14. The van der Waals surface area contributed by atoms with Crippen LogP contribution in [0.1, 0.15) is 44.0 Å². The molecule has 0 aliphatic rings. The average molecular weight is 236 g/mol. The molecular formula is C14H20O3. The molecule has 0 spiro atoms. The number of hydrogen-bond donors (Lipinski definition) is 1. The maximum Gasteiger partial charge on any atom is 0.162 e. The summed E-state index contributed by atoms with van der Waals surface area (Å²) in [4.78, 5) is 11.4. The topological polar surface area (TPSA) is 46.5 Å². The van der Waals surface area contributed by atoms with Crippen molar-refractivity contribution in [3.63, 3.8) is 0 Å². The molecule has 0 unspecified atom stereocenters. The van der Waals surface area contributed by atoms with Gasteiger partial charge in [0, 0.05) is 25.0 Å². The van der Waals surface area contributed by atoms with Gasteiger partial charge in [-0.25, -0.2) is 0 Å². The molecule has 3 heteroatoms. The normalized spacial score (nSPS) is 11.3. The minimum absolute atomic E-state index is 0.0966. The first-order chi connectivity index (χ1) is 7.98. The third kappa shape index (κ3) is 4.19. The van der Waals surface area contributed by atoms with E-state index in [0.717, 1.165) is 5.75 Å². The minimum Gasteiger partial charge on any atom is -0.488 e. The number of aliphatic hydroxyl groups is 1. The van der Waals surface area contributed by atoms with Crippen LogP contribution in [-0.4, -0.2) is 23.1 Å². The highest BCUT2D eigenvalue weighted by Gasteiger charge is 2.18. The lowest BCUT2D eigenvalue weighted by atomic mass is 10.1. The monoisotopic (exact) mass is 236 g/mol. The molecule has 1 aromatic carbocycles. The summed E-state index contributed by atoms with van der Waals surface area (Å²) in [6.07, 6.45) is 1.08. The molecule has 0 aliphatic carbocycles. The molecule has 17 heavy (non-hydrogen) atoms. The van der Waals surface area contributed by atoms with E-state index in [4.69, 9.17) is 9.84 Å². The molecule has 0 fully saturated rings. The fourth-order valence-electron chi connectivity index (χ4n) is 1.55. The fourth-order valence-corrected chi connectivity index (χ4v) is 1.55. The van der Waals surface area contributed by atoms with Gasteiger partial charge in [-0.3, -0.25) is 4.79 Å². The second-order valence-corrected chi connectivity index (χ2v) is 4.64. The van der Waals surface area contributed by atoms with Crippen LogP contribution < -0.4 is 4.74 Å². The summed E-state index contributed by atoms with van der Waals surface area (Å²) in [6.45, 7) is 5.79. The van der Waals surface area contributed by atoms with Crippen LogP contribution in [0.25, 0.3) is 0 Å². The Balaban J connectivity index is 2.71. The largest absolute Gasteiger partial charge is 0.488 e. The van der Waals surface area contributed by atoms with Gasteiger partial charge in [0.1, 0.15) is 11.4 Å². The summed E-state index contributed by atoms with van der Waals surface area (Å²) in [5.74, 6) is 0.849. The van der Waals surface area contributed by atoms with Crippen molar-refractivity contribution in [3.05, 3.63) is 29.8 Å². The number of hydrogen-bond acceptors (Lipinski definition) is 3. The van der Waals surface area contributed by atoms with E-state index in [1.807, 2.05) is 20.8 Å². The van der Waals surface area contributed by atoms with Gasteiger partial charge in [0.05, 0.1) is 0 Å². The number of ketones is 1. The number of rotatable bonds is 6. The van der Waals surface area contributed by atoms with E-state index >= 15 is 0 Å². The highest BCUT2D eigenvalue weighted by molar-refractivity contribution is 5.95. The Morgan fingerprint density at radius 3 is 2.35 bits per heavy atom. The van der Waals surface area contributed by atoms with Crippen LogP contribution in [0.4, 0.5) is 0 Å². The van der Waals surface area contributed by atoms with Gasteiger partial charge in [-0.15, -0.1) is 0 Å². The van der Waals surface area contributed by atoms with Crippen LogP contribution in [-0.2, 0) is 0 Å². The van der Waals surface area contributed by atoms with Crippen molar-refractivity contribution >= 4 is 5.78 Å². The standard InChI is InChI=1S/C14H20O3/c1-4-13(16)11-5-7-12(8-6-11)17-14(2,3)9-10-15/h5-8,15H,4,9-10H2,1-3H3. The lowest BCUT2D eigenvalue weighted by molar-refractivity contribution is 0.0765. The number of ether oxygens (including phenoxy) is 1. The Labute approximate surface area is 102 Å². The van der Waals surface area contributed by atoms with Crippen molar-refractivity contribution in [3.8, 4) is 5.75 Å². The van der Waals surface area contributed by atoms with E-state index in [1.54, 1.807) is 24.3 Å². The summed E-state index contributed by atoms with van der Waals surface area (Å²) >= 11 is 0. The molecule has 0 saturated heterocycles. The second-order valence-electron chi connectivity index (χ2n) is 4.64. The molecule has 1 aromatic rings. The number of benzene rings is 1. The molecule has 0 saturated carbocycles. The Kier molecular flexibility index (Phi) is 4.70. The molecule has 0 aliphatic heterocycles. The molecule has 94 valence electrons. The fraction of sp³-hybridized carbons (Fsp3) is 0.500. The van der Waals surface area contributed by atoms with Crippen LogP contribution >= 0.6 is 0 Å². The number of Topliss-reactive ketones (excluding diaryl/α,β-unsaturated/α-hetero) is 1. The first-order valence-corrected chi connectivity index (χ1v) is 5.91. The van der Waals surface area contributed by atoms with Crippen molar-refractivity contribution in [1.29, 1.82) is 0 Å². The predicted molar refractivity (Wildman–Crippen MR) is 67.5 cm³/mol. The van der Waals surface area contributed by atoms with Crippen LogP contribution in [0.5, 0.6) is 5.75 Å². The summed E-state index contributed by atoms with van der Waals surface area (Å²) in [5, 5.41) is 8.90. The Morgan fingerprint density at radius 1 is 1.29 bits per heavy atom. The third-order valence-electron chi connectivity index (χ3n) is 2.61. The van der Waals surface area contributed by atoms with Crippen molar-refractivity contribution in [1.82, 2.24) is 0 Å². The van der Waals surface area contributed by atoms with Gasteiger partial charge in [-0.1, -0.05) is 6.92 Å². The zero-order valence-electron chi connectivity index (χ0n) is 10.7. The molecule has 1 N–H and O–H groups in total. The molecule has 0 heterocycles. The maximum atomic E-state index is 11.4. The Hall–Kier alpha value is -1.35. The van der Waals surface area contributed by atoms with Crippen LogP contribution in [0, 0.1) is 0 Å².